The number of fused-ring (bicyclic) bond motifs is 1. The van der Waals surface area contributed by atoms with Crippen molar-refractivity contribution in [1.82, 2.24) is 4.90 Å². The zero-order valence-corrected chi connectivity index (χ0v) is 11.8. The Labute approximate surface area is 118 Å². The number of carbonyl (C=O) groups is 2. The van der Waals surface area contributed by atoms with Gasteiger partial charge in [0.05, 0.1) is 16.8 Å². The summed E-state index contributed by atoms with van der Waals surface area (Å²) in [5, 5.41) is 0. The van der Waals surface area contributed by atoms with Crippen molar-refractivity contribution < 1.29 is 9.59 Å². The van der Waals surface area contributed by atoms with E-state index in [0.717, 1.165) is 44.9 Å². The first-order chi connectivity index (χ1) is 9.11. The maximum atomic E-state index is 12.5. The molecule has 0 aromatic carbocycles. The molecule has 0 aromatic heterocycles. The summed E-state index contributed by atoms with van der Waals surface area (Å²) < 4.78 is 0. The molecular weight excluding hydrogens is 260 g/mol. The van der Waals surface area contributed by atoms with Crippen LogP contribution < -0.4 is 5.73 Å². The SMILES string of the molecule is NC(=S)C1CCCC1N1C(=O)C2CCCCC2C1=O. The molecule has 0 spiro atoms. The van der Waals surface area contributed by atoms with E-state index < -0.39 is 0 Å². The van der Waals surface area contributed by atoms with Gasteiger partial charge in [0.25, 0.3) is 0 Å². The first kappa shape index (κ1) is 13.0. The summed E-state index contributed by atoms with van der Waals surface area (Å²) in [4.78, 5) is 27.0. The smallest absolute Gasteiger partial charge is 0.233 e. The number of rotatable bonds is 2. The van der Waals surface area contributed by atoms with Gasteiger partial charge in [0, 0.05) is 12.0 Å². The normalized spacial score (nSPS) is 38.6. The lowest BCUT2D eigenvalue weighted by Gasteiger charge is -2.27. The molecule has 2 aliphatic carbocycles. The lowest BCUT2D eigenvalue weighted by atomic mass is 9.81. The van der Waals surface area contributed by atoms with Gasteiger partial charge < -0.3 is 5.73 Å². The summed E-state index contributed by atoms with van der Waals surface area (Å²) in [5.74, 6) is -0.00329. The number of thiocarbonyl (C=S) groups is 1. The van der Waals surface area contributed by atoms with E-state index in [9.17, 15) is 9.59 Å². The second-order valence-electron chi connectivity index (χ2n) is 6.05. The van der Waals surface area contributed by atoms with Gasteiger partial charge in [-0.25, -0.2) is 0 Å². The van der Waals surface area contributed by atoms with Crippen LogP contribution in [0.15, 0.2) is 0 Å². The maximum absolute atomic E-state index is 12.5. The number of likely N-dealkylation sites (tertiary alicyclic amines) is 1. The van der Waals surface area contributed by atoms with Gasteiger partial charge in [-0.3, -0.25) is 14.5 Å². The Hall–Kier alpha value is -0.970. The van der Waals surface area contributed by atoms with E-state index in [1.807, 2.05) is 0 Å². The number of carbonyl (C=O) groups excluding carboxylic acids is 2. The molecule has 1 saturated heterocycles. The summed E-state index contributed by atoms with van der Waals surface area (Å²) >= 11 is 5.10. The number of nitrogens with two attached hydrogens (primary N) is 1. The van der Waals surface area contributed by atoms with E-state index in [1.165, 1.54) is 4.90 Å². The van der Waals surface area contributed by atoms with Gasteiger partial charge >= 0.3 is 0 Å². The second kappa shape index (κ2) is 4.85. The van der Waals surface area contributed by atoms with Gasteiger partial charge in [-0.2, -0.15) is 0 Å². The number of imide groups is 1. The van der Waals surface area contributed by atoms with E-state index in [0.29, 0.717) is 4.99 Å². The van der Waals surface area contributed by atoms with Crippen molar-refractivity contribution >= 4 is 29.0 Å². The Morgan fingerprint density at radius 3 is 2.11 bits per heavy atom. The number of hydrogen-bond donors (Lipinski definition) is 1. The van der Waals surface area contributed by atoms with Crippen LogP contribution in [-0.2, 0) is 9.59 Å². The molecule has 19 heavy (non-hydrogen) atoms. The third-order valence-corrected chi connectivity index (χ3v) is 5.35. The molecule has 5 heteroatoms. The Balaban J connectivity index is 1.86. The predicted octanol–water partition coefficient (Wildman–Crippen LogP) is 1.62. The van der Waals surface area contributed by atoms with Crippen LogP contribution in [0, 0.1) is 17.8 Å². The Kier molecular flexibility index (Phi) is 3.33. The van der Waals surface area contributed by atoms with Crippen LogP contribution in [0.5, 0.6) is 0 Å². The average molecular weight is 280 g/mol. The third kappa shape index (κ3) is 1.98. The fourth-order valence-electron chi connectivity index (χ4n) is 4.10. The van der Waals surface area contributed by atoms with Crippen molar-refractivity contribution in [3.63, 3.8) is 0 Å². The molecule has 3 rings (SSSR count). The molecule has 1 aliphatic heterocycles. The maximum Gasteiger partial charge on any atom is 0.233 e. The highest BCUT2D eigenvalue weighted by atomic mass is 32.1. The molecule has 0 radical (unpaired) electrons. The van der Waals surface area contributed by atoms with Gasteiger partial charge in [0.15, 0.2) is 0 Å². The molecule has 2 saturated carbocycles. The quantitative estimate of drug-likeness (QED) is 0.616. The molecule has 104 valence electrons. The summed E-state index contributed by atoms with van der Waals surface area (Å²) in [7, 11) is 0. The van der Waals surface area contributed by atoms with Crippen molar-refractivity contribution in [2.24, 2.45) is 23.5 Å². The first-order valence-electron chi connectivity index (χ1n) is 7.27. The monoisotopic (exact) mass is 280 g/mol. The summed E-state index contributed by atoms with van der Waals surface area (Å²) in [6, 6.07) is -0.0666. The average Bonchev–Trinajstić information content (AvgIpc) is 2.95. The second-order valence-corrected chi connectivity index (χ2v) is 6.52. The summed E-state index contributed by atoms with van der Waals surface area (Å²) in [6.07, 6.45) is 6.64. The van der Waals surface area contributed by atoms with E-state index >= 15 is 0 Å². The van der Waals surface area contributed by atoms with Gasteiger partial charge in [-0.05, 0) is 25.7 Å². The van der Waals surface area contributed by atoms with E-state index in [1.54, 1.807) is 0 Å². The highest BCUT2D eigenvalue weighted by Crippen LogP contribution is 2.42. The minimum atomic E-state index is -0.0666. The highest BCUT2D eigenvalue weighted by molar-refractivity contribution is 7.80. The molecule has 4 unspecified atom stereocenters. The van der Waals surface area contributed by atoms with Crippen LogP contribution in [0.2, 0.25) is 0 Å². The molecule has 2 amide bonds. The van der Waals surface area contributed by atoms with Crippen LogP contribution in [0.3, 0.4) is 0 Å². The van der Waals surface area contributed by atoms with Crippen LogP contribution in [0.1, 0.15) is 44.9 Å². The van der Waals surface area contributed by atoms with E-state index in [4.69, 9.17) is 18.0 Å². The zero-order valence-electron chi connectivity index (χ0n) is 11.0. The van der Waals surface area contributed by atoms with Gasteiger partial charge in [-0.15, -0.1) is 0 Å². The van der Waals surface area contributed by atoms with Crippen molar-refractivity contribution in [3.05, 3.63) is 0 Å². The topological polar surface area (TPSA) is 63.4 Å². The largest absolute Gasteiger partial charge is 0.393 e. The molecule has 3 aliphatic rings. The molecular formula is C14H20N2O2S. The number of nitrogens with zero attached hydrogens (tertiary/aromatic N) is 1. The van der Waals surface area contributed by atoms with Crippen LogP contribution in [0.4, 0.5) is 0 Å². The molecule has 2 N–H and O–H groups in total. The predicted molar refractivity (Wildman–Crippen MR) is 75.2 cm³/mol. The van der Waals surface area contributed by atoms with Crippen molar-refractivity contribution in [3.8, 4) is 0 Å². The molecule has 4 atom stereocenters. The third-order valence-electron chi connectivity index (χ3n) is 5.05. The minimum absolute atomic E-state index is 0.0306. The number of hydrogen-bond acceptors (Lipinski definition) is 3. The standard InChI is InChI=1S/C14H20N2O2S/c15-12(19)10-6-3-7-11(10)16-13(17)8-4-1-2-5-9(8)14(16)18/h8-11H,1-7H2,(H2,15,19). The minimum Gasteiger partial charge on any atom is -0.393 e. The van der Waals surface area contributed by atoms with E-state index in [2.05, 4.69) is 0 Å². The summed E-state index contributed by atoms with van der Waals surface area (Å²) in [6.45, 7) is 0. The first-order valence-corrected chi connectivity index (χ1v) is 7.68. The van der Waals surface area contributed by atoms with Gasteiger partial charge in [0.2, 0.25) is 11.8 Å². The van der Waals surface area contributed by atoms with Gasteiger partial charge in [-0.1, -0.05) is 31.5 Å². The molecule has 4 nitrogen and oxygen atoms in total. The summed E-state index contributed by atoms with van der Waals surface area (Å²) in [5.41, 5.74) is 5.78. The van der Waals surface area contributed by atoms with Crippen LogP contribution in [0.25, 0.3) is 0 Å². The fraction of sp³-hybridized carbons (Fsp3) is 0.786. The highest BCUT2D eigenvalue weighted by Gasteiger charge is 2.52. The Morgan fingerprint density at radius 1 is 1.00 bits per heavy atom. The molecule has 1 heterocycles. The van der Waals surface area contributed by atoms with Crippen molar-refractivity contribution in [2.75, 3.05) is 0 Å². The molecule has 0 bridgehead atoms. The Morgan fingerprint density at radius 2 is 1.58 bits per heavy atom. The molecule has 3 fully saturated rings. The fourth-order valence-corrected chi connectivity index (χ4v) is 4.37. The van der Waals surface area contributed by atoms with Crippen LogP contribution in [-0.4, -0.2) is 27.7 Å². The van der Waals surface area contributed by atoms with Gasteiger partial charge in [0.1, 0.15) is 0 Å². The Bertz CT molecular complexity index is 413. The van der Waals surface area contributed by atoms with Crippen molar-refractivity contribution in [1.29, 1.82) is 0 Å². The lowest BCUT2D eigenvalue weighted by molar-refractivity contribution is -0.143. The molecule has 0 aromatic rings. The van der Waals surface area contributed by atoms with Crippen molar-refractivity contribution in [2.45, 2.75) is 51.0 Å². The van der Waals surface area contributed by atoms with Crippen LogP contribution >= 0.6 is 12.2 Å². The zero-order chi connectivity index (χ0) is 13.6. The van der Waals surface area contributed by atoms with E-state index in [-0.39, 0.29) is 35.6 Å². The number of amides is 2. The lowest BCUT2D eigenvalue weighted by Crippen LogP contribution is -2.45.